The van der Waals surface area contributed by atoms with Gasteiger partial charge in [0.25, 0.3) is 0 Å². The van der Waals surface area contributed by atoms with Gasteiger partial charge >= 0.3 is 5.97 Å². The second-order valence-electron chi connectivity index (χ2n) is 8.38. The van der Waals surface area contributed by atoms with Gasteiger partial charge < -0.3 is 9.84 Å². The first-order chi connectivity index (χ1) is 15.5. The minimum absolute atomic E-state index is 0.0896. The maximum Gasteiger partial charge on any atom is 0.303 e. The first kappa shape index (κ1) is 28.0. The van der Waals surface area contributed by atoms with Crippen molar-refractivity contribution in [2.24, 2.45) is 0 Å². The second-order valence-corrected chi connectivity index (χ2v) is 8.38. The van der Waals surface area contributed by atoms with Crippen molar-refractivity contribution in [2.75, 3.05) is 7.11 Å². The van der Waals surface area contributed by atoms with E-state index in [1.165, 1.54) is 13.8 Å². The number of aryl methyl sites for hydroxylation is 2. The third kappa shape index (κ3) is 7.52. The Bertz CT molecular complexity index is 937. The Labute approximate surface area is 196 Å². The number of aliphatic carboxylic acids is 1. The molecule has 1 aromatic rings. The van der Waals surface area contributed by atoms with Crippen LogP contribution in [0.3, 0.4) is 0 Å². The van der Waals surface area contributed by atoms with Crippen LogP contribution in [0.4, 0.5) is 0 Å². The van der Waals surface area contributed by atoms with Crippen LogP contribution in [0.25, 0.3) is 0 Å². The van der Waals surface area contributed by atoms with E-state index >= 15 is 0 Å². The number of hydrogen-bond acceptors (Lipinski definition) is 5. The Balaban J connectivity index is 0.000000981. The number of hydrogen-bond donors (Lipinski definition) is 1. The third-order valence-electron chi connectivity index (χ3n) is 5.92. The number of allylic oxidation sites excluding steroid dienone is 3. The van der Waals surface area contributed by atoms with Crippen molar-refractivity contribution in [1.82, 2.24) is 0 Å². The minimum Gasteiger partial charge on any atom is -0.497 e. The van der Waals surface area contributed by atoms with Crippen molar-refractivity contribution in [1.29, 1.82) is 0 Å². The summed E-state index contributed by atoms with van der Waals surface area (Å²) in [6.07, 6.45) is 6.96. The fourth-order valence-corrected chi connectivity index (χ4v) is 3.97. The molecule has 0 saturated heterocycles. The van der Waals surface area contributed by atoms with Gasteiger partial charge in [-0.05, 0) is 69.7 Å². The van der Waals surface area contributed by atoms with E-state index < -0.39 is 11.4 Å². The van der Waals surface area contributed by atoms with Gasteiger partial charge in [0.2, 0.25) is 0 Å². The van der Waals surface area contributed by atoms with Crippen LogP contribution in [-0.2, 0) is 29.3 Å². The van der Waals surface area contributed by atoms with Crippen LogP contribution in [0.15, 0.2) is 41.7 Å². The number of carboxylic acids is 1. The number of carbonyl (C=O) groups excluding carboxylic acids is 3. The maximum atomic E-state index is 12.9. The topological polar surface area (TPSA) is 97.7 Å². The molecule has 1 aliphatic carbocycles. The summed E-state index contributed by atoms with van der Waals surface area (Å²) in [5.41, 5.74) is 2.07. The van der Waals surface area contributed by atoms with E-state index in [0.29, 0.717) is 12.0 Å². The summed E-state index contributed by atoms with van der Waals surface area (Å²) in [5, 5.41) is 7.72. The van der Waals surface area contributed by atoms with E-state index in [1.807, 2.05) is 38.1 Å². The van der Waals surface area contributed by atoms with Crippen LogP contribution in [0, 0.1) is 13.8 Å². The van der Waals surface area contributed by atoms with Crippen LogP contribution in [0.2, 0.25) is 0 Å². The molecule has 6 heteroatoms. The van der Waals surface area contributed by atoms with Gasteiger partial charge in [-0.3, -0.25) is 19.2 Å². The highest BCUT2D eigenvalue weighted by molar-refractivity contribution is 6.13. The van der Waals surface area contributed by atoms with E-state index in [9.17, 15) is 19.2 Å². The molecule has 0 atom stereocenters. The summed E-state index contributed by atoms with van der Waals surface area (Å²) in [6, 6.07) is 5.71. The molecule has 0 saturated carbocycles. The van der Waals surface area contributed by atoms with Gasteiger partial charge in [-0.2, -0.15) is 0 Å². The molecule has 180 valence electrons. The molecule has 33 heavy (non-hydrogen) atoms. The number of ether oxygens (including phenoxy) is 1. The molecule has 0 heterocycles. The molecule has 6 nitrogen and oxygen atoms in total. The van der Waals surface area contributed by atoms with Crippen LogP contribution in [0.5, 0.6) is 0 Å². The molecular formula is C27H36O6. The Kier molecular flexibility index (Phi) is 10.9. The SMILES string of the molecule is CCC(=O)O.COC1=CCCC=C1CCC(=O)CC(C(C)=O)(C(C)=O)c1cc(C)ccc1C. The van der Waals surface area contributed by atoms with E-state index in [1.54, 1.807) is 14.0 Å². The highest BCUT2D eigenvalue weighted by Crippen LogP contribution is 2.35. The van der Waals surface area contributed by atoms with Gasteiger partial charge in [-0.1, -0.05) is 36.8 Å². The van der Waals surface area contributed by atoms with Gasteiger partial charge in [0.05, 0.1) is 7.11 Å². The van der Waals surface area contributed by atoms with Crippen LogP contribution in [0.1, 0.15) is 76.0 Å². The molecule has 0 fully saturated rings. The van der Waals surface area contributed by atoms with Gasteiger partial charge in [0.15, 0.2) is 0 Å². The molecule has 1 aliphatic rings. The molecular weight excluding hydrogens is 420 g/mol. The normalized spacial score (nSPS) is 13.2. The van der Waals surface area contributed by atoms with E-state index in [4.69, 9.17) is 9.84 Å². The lowest BCUT2D eigenvalue weighted by Gasteiger charge is -2.30. The Morgan fingerprint density at radius 3 is 2.12 bits per heavy atom. The largest absolute Gasteiger partial charge is 0.497 e. The lowest BCUT2D eigenvalue weighted by molar-refractivity contribution is -0.137. The Morgan fingerprint density at radius 1 is 1.03 bits per heavy atom. The van der Waals surface area contributed by atoms with E-state index in [0.717, 1.165) is 35.3 Å². The van der Waals surface area contributed by atoms with Gasteiger partial charge in [0, 0.05) is 19.3 Å². The van der Waals surface area contributed by atoms with Crippen molar-refractivity contribution in [3.8, 4) is 0 Å². The molecule has 1 aromatic carbocycles. The second kappa shape index (κ2) is 12.9. The smallest absolute Gasteiger partial charge is 0.303 e. The molecule has 0 unspecified atom stereocenters. The van der Waals surface area contributed by atoms with Crippen molar-refractivity contribution in [2.45, 2.75) is 78.6 Å². The fraction of sp³-hybridized carbons (Fsp3) is 0.481. The molecule has 0 aromatic heterocycles. The summed E-state index contributed by atoms with van der Waals surface area (Å²) >= 11 is 0. The summed E-state index contributed by atoms with van der Waals surface area (Å²) in [7, 11) is 1.63. The quantitative estimate of drug-likeness (QED) is 0.487. The number of benzene rings is 1. The highest BCUT2D eigenvalue weighted by atomic mass is 16.5. The standard InChI is InChI=1S/C24H30O4.C3H6O2/c1-16-10-11-17(2)22(14-16)24(18(3)25,19(4)26)15-21(27)13-12-20-8-6-7-9-23(20)28-5;1-2-3(4)5/h8-11,14H,6-7,12-13,15H2,1-5H3;2H2,1H3,(H,4,5). The first-order valence-corrected chi connectivity index (χ1v) is 11.3. The van der Waals surface area contributed by atoms with Crippen molar-refractivity contribution in [3.63, 3.8) is 0 Å². The Morgan fingerprint density at radius 2 is 1.61 bits per heavy atom. The van der Waals surface area contributed by atoms with E-state index in [2.05, 4.69) is 6.08 Å². The zero-order valence-corrected chi connectivity index (χ0v) is 20.6. The molecule has 2 rings (SSSR count). The van der Waals surface area contributed by atoms with Crippen molar-refractivity contribution < 1.29 is 29.0 Å². The third-order valence-corrected chi connectivity index (χ3v) is 5.92. The van der Waals surface area contributed by atoms with Crippen LogP contribution >= 0.6 is 0 Å². The van der Waals surface area contributed by atoms with Gasteiger partial charge in [-0.25, -0.2) is 0 Å². The number of carboxylic acid groups (broad SMARTS) is 1. The molecule has 0 spiro atoms. The Hall–Kier alpha value is -3.02. The summed E-state index contributed by atoms with van der Waals surface area (Å²) in [6.45, 7) is 8.21. The molecule has 0 amide bonds. The number of ketones is 3. The lowest BCUT2D eigenvalue weighted by Crippen LogP contribution is -2.44. The van der Waals surface area contributed by atoms with E-state index in [-0.39, 0.29) is 36.6 Å². The maximum absolute atomic E-state index is 12.9. The van der Waals surface area contributed by atoms with Gasteiger partial charge in [-0.15, -0.1) is 0 Å². The van der Waals surface area contributed by atoms with Crippen LogP contribution < -0.4 is 0 Å². The molecule has 0 aliphatic heterocycles. The lowest BCUT2D eigenvalue weighted by atomic mass is 9.68. The number of Topliss-reactive ketones (excluding diaryl/α,β-unsaturated/α-hetero) is 3. The zero-order valence-electron chi connectivity index (χ0n) is 20.6. The molecule has 0 bridgehead atoms. The number of carbonyl (C=O) groups is 4. The molecule has 0 radical (unpaired) electrons. The molecule has 1 N–H and O–H groups in total. The zero-order chi connectivity index (χ0) is 25.2. The average Bonchev–Trinajstić information content (AvgIpc) is 2.77. The first-order valence-electron chi connectivity index (χ1n) is 11.3. The number of rotatable bonds is 10. The summed E-state index contributed by atoms with van der Waals surface area (Å²) < 4.78 is 5.38. The predicted octanol–water partition coefficient (Wildman–Crippen LogP) is 5.19. The fourth-order valence-electron chi connectivity index (χ4n) is 3.97. The van der Waals surface area contributed by atoms with Crippen molar-refractivity contribution in [3.05, 3.63) is 58.4 Å². The van der Waals surface area contributed by atoms with Crippen LogP contribution in [-0.4, -0.2) is 35.5 Å². The summed E-state index contributed by atoms with van der Waals surface area (Å²) in [4.78, 5) is 47.6. The average molecular weight is 457 g/mol. The van der Waals surface area contributed by atoms with Gasteiger partial charge in [0.1, 0.15) is 28.5 Å². The number of methoxy groups -OCH3 is 1. The minimum atomic E-state index is -1.41. The summed E-state index contributed by atoms with van der Waals surface area (Å²) in [5.74, 6) is -0.580. The van der Waals surface area contributed by atoms with Crippen molar-refractivity contribution >= 4 is 23.3 Å². The highest BCUT2D eigenvalue weighted by Gasteiger charge is 2.44. The predicted molar refractivity (Wildman–Crippen MR) is 128 cm³/mol. The monoisotopic (exact) mass is 456 g/mol.